The number of hydrogen-bond donors (Lipinski definition) is 1. The van der Waals surface area contributed by atoms with Crippen molar-refractivity contribution in [3.63, 3.8) is 0 Å². The summed E-state index contributed by atoms with van der Waals surface area (Å²) in [5, 5.41) is 7.50. The molecule has 0 atom stereocenters. The molecular weight excluding hydrogens is 391 g/mol. The molecule has 3 rings (SSSR count). The van der Waals surface area contributed by atoms with Gasteiger partial charge in [-0.05, 0) is 24.6 Å². The molecule has 1 N–H and O–H groups in total. The highest BCUT2D eigenvalue weighted by Gasteiger charge is 2.31. The average molecular weight is 413 g/mol. The molecule has 1 aromatic carbocycles. The maximum Gasteiger partial charge on any atom is 0.416 e. The summed E-state index contributed by atoms with van der Waals surface area (Å²) < 4.78 is 38.7. The van der Waals surface area contributed by atoms with Crippen molar-refractivity contribution < 1.29 is 18.0 Å². The van der Waals surface area contributed by atoms with Crippen LogP contribution in [0.1, 0.15) is 24.7 Å². The summed E-state index contributed by atoms with van der Waals surface area (Å²) >= 11 is 1.29. The van der Waals surface area contributed by atoms with Crippen LogP contribution in [0.5, 0.6) is 0 Å². The van der Waals surface area contributed by atoms with Crippen LogP contribution in [-0.4, -0.2) is 57.9 Å². The number of thioether (sulfide) groups is 1. The number of nitrogens with one attached hydrogen (secondary N) is 1. The number of piperazine rings is 1. The van der Waals surface area contributed by atoms with Gasteiger partial charge in [0.1, 0.15) is 5.82 Å². The van der Waals surface area contributed by atoms with E-state index >= 15 is 0 Å². The van der Waals surface area contributed by atoms with Crippen LogP contribution >= 0.6 is 11.8 Å². The van der Waals surface area contributed by atoms with Crippen molar-refractivity contribution in [1.82, 2.24) is 20.1 Å². The average Bonchev–Trinajstić information content (AvgIpc) is 3.13. The highest BCUT2D eigenvalue weighted by Crippen LogP contribution is 2.31. The van der Waals surface area contributed by atoms with Crippen molar-refractivity contribution in [2.45, 2.75) is 31.1 Å². The molecule has 2 aromatic rings. The van der Waals surface area contributed by atoms with Gasteiger partial charge in [-0.25, -0.2) is 4.98 Å². The summed E-state index contributed by atoms with van der Waals surface area (Å²) in [7, 11) is 0. The maximum absolute atomic E-state index is 12.9. The lowest BCUT2D eigenvalue weighted by atomic mass is 10.1. The Labute approximate surface area is 165 Å². The third-order valence-corrected chi connectivity index (χ3v) is 5.33. The topological polar surface area (TPSA) is 65.1 Å². The first-order valence-electron chi connectivity index (χ1n) is 9.11. The normalized spacial score (nSPS) is 15.1. The van der Waals surface area contributed by atoms with Crippen molar-refractivity contribution in [2.24, 2.45) is 0 Å². The van der Waals surface area contributed by atoms with Crippen LogP contribution in [-0.2, 0) is 17.4 Å². The molecule has 152 valence electrons. The SMILES string of the molecule is CCCc1nc(SCC(=O)N2CCN(c3cccc(C(F)(F)F)c3)CC2)n[nH]1. The molecule has 6 nitrogen and oxygen atoms in total. The lowest BCUT2D eigenvalue weighted by molar-refractivity contribution is -0.137. The van der Waals surface area contributed by atoms with Crippen LogP contribution in [0.15, 0.2) is 29.4 Å². The molecule has 0 unspecified atom stereocenters. The molecule has 10 heteroatoms. The standard InChI is InChI=1S/C18H22F3N5OS/c1-2-4-15-22-17(24-23-15)28-12-16(27)26-9-7-25(8-10-26)14-6-3-5-13(11-14)18(19,20)21/h3,5-6,11H,2,4,7-10,12H2,1H3,(H,22,23,24). The first-order chi connectivity index (χ1) is 13.4. The van der Waals surface area contributed by atoms with E-state index in [2.05, 4.69) is 22.1 Å². The van der Waals surface area contributed by atoms with E-state index in [0.717, 1.165) is 30.8 Å². The minimum atomic E-state index is -4.36. The fraction of sp³-hybridized carbons (Fsp3) is 0.500. The molecule has 0 radical (unpaired) electrons. The molecule has 0 bridgehead atoms. The van der Waals surface area contributed by atoms with E-state index in [4.69, 9.17) is 0 Å². The number of nitrogens with zero attached hydrogens (tertiary/aromatic N) is 4. The van der Waals surface area contributed by atoms with E-state index in [9.17, 15) is 18.0 Å². The largest absolute Gasteiger partial charge is 0.416 e. The third-order valence-electron chi connectivity index (χ3n) is 4.49. The Bertz CT molecular complexity index is 803. The second-order valence-corrected chi connectivity index (χ2v) is 7.46. The molecule has 1 saturated heterocycles. The Morgan fingerprint density at radius 2 is 2.00 bits per heavy atom. The zero-order valence-corrected chi connectivity index (χ0v) is 16.3. The van der Waals surface area contributed by atoms with Crippen molar-refractivity contribution in [1.29, 1.82) is 0 Å². The van der Waals surface area contributed by atoms with Gasteiger partial charge in [-0.15, -0.1) is 5.10 Å². The Morgan fingerprint density at radius 1 is 1.25 bits per heavy atom. The number of alkyl halides is 3. The van der Waals surface area contributed by atoms with Gasteiger partial charge in [0.15, 0.2) is 0 Å². The number of aryl methyl sites for hydroxylation is 1. The van der Waals surface area contributed by atoms with Crippen LogP contribution in [0.3, 0.4) is 0 Å². The molecule has 28 heavy (non-hydrogen) atoms. The van der Waals surface area contributed by atoms with E-state index in [-0.39, 0.29) is 11.7 Å². The summed E-state index contributed by atoms with van der Waals surface area (Å²) in [5.41, 5.74) is -0.130. The van der Waals surface area contributed by atoms with E-state index in [1.807, 2.05) is 4.90 Å². The van der Waals surface area contributed by atoms with Crippen LogP contribution in [0.25, 0.3) is 0 Å². The van der Waals surface area contributed by atoms with E-state index in [1.165, 1.54) is 17.8 Å². The number of carbonyl (C=O) groups is 1. The minimum Gasteiger partial charge on any atom is -0.368 e. The van der Waals surface area contributed by atoms with Crippen molar-refractivity contribution in [3.05, 3.63) is 35.7 Å². The lowest BCUT2D eigenvalue weighted by Crippen LogP contribution is -2.49. The van der Waals surface area contributed by atoms with E-state index in [1.54, 1.807) is 11.0 Å². The zero-order valence-electron chi connectivity index (χ0n) is 15.5. The molecule has 2 heterocycles. The minimum absolute atomic E-state index is 0.0180. The Kier molecular flexibility index (Phi) is 6.48. The smallest absolute Gasteiger partial charge is 0.368 e. The van der Waals surface area contributed by atoms with Gasteiger partial charge in [0.2, 0.25) is 11.1 Å². The highest BCUT2D eigenvalue weighted by molar-refractivity contribution is 7.99. The highest BCUT2D eigenvalue weighted by atomic mass is 32.2. The van der Waals surface area contributed by atoms with Gasteiger partial charge in [-0.3, -0.25) is 9.89 Å². The van der Waals surface area contributed by atoms with E-state index < -0.39 is 11.7 Å². The van der Waals surface area contributed by atoms with Crippen LogP contribution < -0.4 is 4.90 Å². The number of halogens is 3. The first kappa shape index (κ1) is 20.5. The molecule has 0 spiro atoms. The molecule has 1 aliphatic rings. The zero-order chi connectivity index (χ0) is 20.1. The number of carbonyl (C=O) groups excluding carboxylic acids is 1. The summed E-state index contributed by atoms with van der Waals surface area (Å²) in [4.78, 5) is 20.3. The molecule has 0 saturated carbocycles. The number of aromatic amines is 1. The summed E-state index contributed by atoms with van der Waals surface area (Å²) in [6.45, 7) is 4.01. The fourth-order valence-corrected chi connectivity index (χ4v) is 3.72. The monoisotopic (exact) mass is 413 g/mol. The van der Waals surface area contributed by atoms with Gasteiger partial charge in [0.05, 0.1) is 11.3 Å². The molecular formula is C18H22F3N5OS. The molecule has 1 amide bonds. The van der Waals surface area contributed by atoms with Crippen LogP contribution in [0.4, 0.5) is 18.9 Å². The van der Waals surface area contributed by atoms with Gasteiger partial charge in [0.25, 0.3) is 0 Å². The fourth-order valence-electron chi connectivity index (χ4n) is 3.00. The second-order valence-electron chi connectivity index (χ2n) is 6.52. The second kappa shape index (κ2) is 8.85. The van der Waals surface area contributed by atoms with E-state index in [0.29, 0.717) is 37.0 Å². The lowest BCUT2D eigenvalue weighted by Gasteiger charge is -2.36. The molecule has 1 aliphatic heterocycles. The summed E-state index contributed by atoms with van der Waals surface area (Å²) in [5.74, 6) is 1.04. The maximum atomic E-state index is 12.9. The summed E-state index contributed by atoms with van der Waals surface area (Å²) in [6, 6.07) is 5.30. The molecule has 0 aliphatic carbocycles. The number of hydrogen-bond acceptors (Lipinski definition) is 5. The summed E-state index contributed by atoms with van der Waals surface area (Å²) in [6.07, 6.45) is -2.57. The Balaban J connectivity index is 1.50. The van der Waals surface area contributed by atoms with Crippen molar-refractivity contribution in [2.75, 3.05) is 36.8 Å². The number of benzene rings is 1. The van der Waals surface area contributed by atoms with Gasteiger partial charge in [-0.2, -0.15) is 13.2 Å². The number of aromatic nitrogens is 3. The number of H-pyrrole nitrogens is 1. The predicted octanol–water partition coefficient (Wildman–Crippen LogP) is 3.22. The van der Waals surface area contributed by atoms with Gasteiger partial charge >= 0.3 is 6.18 Å². The Morgan fingerprint density at radius 3 is 2.68 bits per heavy atom. The third kappa shape index (κ3) is 5.18. The number of rotatable bonds is 6. The molecule has 1 fully saturated rings. The predicted molar refractivity (Wildman–Crippen MR) is 101 cm³/mol. The van der Waals surface area contributed by atoms with Crippen LogP contribution in [0.2, 0.25) is 0 Å². The Hall–Kier alpha value is -2.23. The quantitative estimate of drug-likeness (QED) is 0.737. The van der Waals surface area contributed by atoms with Crippen LogP contribution in [0, 0.1) is 0 Å². The molecule has 1 aromatic heterocycles. The van der Waals surface area contributed by atoms with Gasteiger partial charge in [-0.1, -0.05) is 24.8 Å². The van der Waals surface area contributed by atoms with Crippen molar-refractivity contribution >= 4 is 23.4 Å². The van der Waals surface area contributed by atoms with Gasteiger partial charge in [0, 0.05) is 38.3 Å². The van der Waals surface area contributed by atoms with Gasteiger partial charge < -0.3 is 9.80 Å². The number of amides is 1. The number of anilines is 1. The van der Waals surface area contributed by atoms with Crippen molar-refractivity contribution in [3.8, 4) is 0 Å². The first-order valence-corrected chi connectivity index (χ1v) is 10.1.